The molecule has 1 aliphatic heterocycles. The highest BCUT2D eigenvalue weighted by atomic mass is 29.3. The second-order valence-electron chi connectivity index (χ2n) is 4.65. The summed E-state index contributed by atoms with van der Waals surface area (Å²) in [7, 11) is -1.48. The van der Waals surface area contributed by atoms with Crippen molar-refractivity contribution in [1.29, 1.82) is 0 Å². The van der Waals surface area contributed by atoms with Crippen LogP contribution in [0.15, 0.2) is 12.7 Å². The summed E-state index contributed by atoms with van der Waals surface area (Å²) in [6.45, 7) is 14.1. The second kappa shape index (κ2) is 2.08. The molecule has 0 aromatic heterocycles. The van der Waals surface area contributed by atoms with Gasteiger partial charge in [0, 0.05) is 15.2 Å². The maximum Gasteiger partial charge on any atom is 0.0479 e. The van der Waals surface area contributed by atoms with Gasteiger partial charge in [0.2, 0.25) is 0 Å². The number of rotatable bonds is 1. The van der Waals surface area contributed by atoms with Crippen LogP contribution >= 0.6 is 0 Å². The van der Waals surface area contributed by atoms with Crippen molar-refractivity contribution in [2.45, 2.75) is 37.8 Å². The Kier molecular flexibility index (Phi) is 1.72. The molecule has 2 heteroatoms. The Balaban J connectivity index is 2.73. The van der Waals surface area contributed by atoms with Crippen molar-refractivity contribution in [3.63, 3.8) is 0 Å². The molecule has 1 aliphatic rings. The molecule has 1 unspecified atom stereocenters. The predicted molar refractivity (Wildman–Crippen MR) is 53.7 cm³/mol. The fraction of sp³-hybridized carbons (Fsp3) is 0.750. The van der Waals surface area contributed by atoms with Gasteiger partial charge in [0.1, 0.15) is 0 Å². The van der Waals surface area contributed by atoms with E-state index in [4.69, 9.17) is 0 Å². The second-order valence-corrected chi connectivity index (χ2v) is 20.9. The quantitative estimate of drug-likeness (QED) is 0.419. The highest BCUT2D eigenvalue weighted by Gasteiger charge is 2.55. The Morgan fingerprint density at radius 3 is 1.90 bits per heavy atom. The molecule has 0 bridgehead atoms. The molecule has 0 aromatic rings. The molecule has 0 radical (unpaired) electrons. The molecular weight excluding hydrogens is 152 g/mol. The topological polar surface area (TPSA) is 0 Å². The van der Waals surface area contributed by atoms with Gasteiger partial charge >= 0.3 is 0 Å². The molecule has 10 heavy (non-hydrogen) atoms. The van der Waals surface area contributed by atoms with Crippen LogP contribution in [0.2, 0.25) is 37.8 Å². The zero-order valence-electron chi connectivity index (χ0n) is 7.57. The minimum atomic E-state index is -0.787. The molecule has 0 amide bonds. The van der Waals surface area contributed by atoms with Gasteiger partial charge in [-0.25, -0.2) is 0 Å². The first-order valence-corrected chi connectivity index (χ1v) is 11.3. The Labute approximate surface area is 66.1 Å². The molecule has 0 saturated carbocycles. The molecule has 1 fully saturated rings. The van der Waals surface area contributed by atoms with Gasteiger partial charge in [0.15, 0.2) is 0 Å². The minimum Gasteiger partial charge on any atom is -0.103 e. The summed E-state index contributed by atoms with van der Waals surface area (Å²) in [6, 6.07) is 1.51. The summed E-state index contributed by atoms with van der Waals surface area (Å²) in [5, 5.41) is 0. The van der Waals surface area contributed by atoms with E-state index in [0.29, 0.717) is 0 Å². The standard InChI is InChI=1S/C8H18Si2/c1-6-8-7-9(2,3)10(8,4)5/h6,8H,1,7H2,2-5H3. The van der Waals surface area contributed by atoms with Gasteiger partial charge in [0.05, 0.1) is 0 Å². The van der Waals surface area contributed by atoms with Crippen LogP contribution in [0.5, 0.6) is 0 Å². The molecule has 58 valence electrons. The average Bonchev–Trinajstić information content (AvgIpc) is 1.83. The van der Waals surface area contributed by atoms with E-state index in [1.165, 1.54) is 6.04 Å². The molecule has 1 atom stereocenters. The molecule has 0 spiro atoms. The van der Waals surface area contributed by atoms with E-state index >= 15 is 0 Å². The van der Waals surface area contributed by atoms with Crippen LogP contribution in [0.4, 0.5) is 0 Å². The van der Waals surface area contributed by atoms with Gasteiger partial charge in [-0.1, -0.05) is 38.3 Å². The summed E-state index contributed by atoms with van der Waals surface area (Å²) >= 11 is 0. The van der Waals surface area contributed by atoms with Gasteiger partial charge in [-0.05, 0) is 5.54 Å². The van der Waals surface area contributed by atoms with Crippen LogP contribution < -0.4 is 0 Å². The lowest BCUT2D eigenvalue weighted by Gasteiger charge is -2.55. The fourth-order valence-corrected chi connectivity index (χ4v) is 13.0. The summed E-state index contributed by atoms with van der Waals surface area (Å²) in [4.78, 5) is 0. The van der Waals surface area contributed by atoms with E-state index in [0.717, 1.165) is 5.54 Å². The van der Waals surface area contributed by atoms with Gasteiger partial charge in [-0.2, -0.15) is 0 Å². The van der Waals surface area contributed by atoms with Crippen molar-refractivity contribution in [1.82, 2.24) is 0 Å². The third kappa shape index (κ3) is 0.856. The van der Waals surface area contributed by atoms with Crippen LogP contribution in [-0.2, 0) is 0 Å². The van der Waals surface area contributed by atoms with Crippen LogP contribution in [0.25, 0.3) is 0 Å². The summed E-state index contributed by atoms with van der Waals surface area (Å²) in [5.74, 6) is 0. The van der Waals surface area contributed by atoms with Gasteiger partial charge in [-0.3, -0.25) is 0 Å². The summed E-state index contributed by atoms with van der Waals surface area (Å²) in [5.41, 5.74) is 0.939. The first-order valence-electron chi connectivity index (χ1n) is 4.04. The largest absolute Gasteiger partial charge is 0.103 e. The van der Waals surface area contributed by atoms with Gasteiger partial charge in [0.25, 0.3) is 0 Å². The molecule has 1 heterocycles. The van der Waals surface area contributed by atoms with Crippen molar-refractivity contribution in [3.05, 3.63) is 12.7 Å². The number of hydrogen-bond donors (Lipinski definition) is 0. The average molecular weight is 170 g/mol. The van der Waals surface area contributed by atoms with Crippen molar-refractivity contribution in [2.24, 2.45) is 0 Å². The van der Waals surface area contributed by atoms with Crippen LogP contribution in [-0.4, -0.2) is 15.2 Å². The van der Waals surface area contributed by atoms with E-state index in [2.05, 4.69) is 38.8 Å². The minimum absolute atomic E-state index is 0.695. The van der Waals surface area contributed by atoms with E-state index in [1.54, 1.807) is 0 Å². The van der Waals surface area contributed by atoms with Crippen molar-refractivity contribution >= 4 is 15.2 Å². The van der Waals surface area contributed by atoms with Crippen LogP contribution in [0.3, 0.4) is 0 Å². The van der Waals surface area contributed by atoms with Gasteiger partial charge < -0.3 is 0 Å². The van der Waals surface area contributed by atoms with E-state index in [1.807, 2.05) is 0 Å². The lowest BCUT2D eigenvalue weighted by molar-refractivity contribution is 1.05. The molecule has 1 rings (SSSR count). The van der Waals surface area contributed by atoms with E-state index in [9.17, 15) is 0 Å². The lowest BCUT2D eigenvalue weighted by atomic mass is 10.5. The molecular formula is C8H18Si2. The lowest BCUT2D eigenvalue weighted by Crippen LogP contribution is -2.67. The molecule has 0 N–H and O–H groups in total. The smallest absolute Gasteiger partial charge is 0.0479 e. The van der Waals surface area contributed by atoms with Crippen LogP contribution in [0.1, 0.15) is 0 Å². The summed E-state index contributed by atoms with van der Waals surface area (Å²) in [6.07, 6.45) is 2.20. The molecule has 0 nitrogen and oxygen atoms in total. The zero-order valence-corrected chi connectivity index (χ0v) is 9.57. The monoisotopic (exact) mass is 170 g/mol. The van der Waals surface area contributed by atoms with Crippen LogP contribution in [0, 0.1) is 0 Å². The first kappa shape index (κ1) is 8.27. The Morgan fingerprint density at radius 1 is 1.30 bits per heavy atom. The number of allylic oxidation sites excluding steroid dienone is 1. The third-order valence-corrected chi connectivity index (χ3v) is 23.5. The number of hydrogen-bond acceptors (Lipinski definition) is 0. The van der Waals surface area contributed by atoms with E-state index in [-0.39, 0.29) is 0 Å². The maximum absolute atomic E-state index is 3.90. The SMILES string of the molecule is C=CC1C[Si](C)(C)[Si]1(C)C. The Hall–Kier alpha value is 0.174. The fourth-order valence-electron chi connectivity index (χ4n) is 1.82. The highest BCUT2D eigenvalue weighted by Crippen LogP contribution is 2.49. The van der Waals surface area contributed by atoms with Crippen molar-refractivity contribution in [2.75, 3.05) is 0 Å². The van der Waals surface area contributed by atoms with Gasteiger partial charge in [-0.15, -0.1) is 6.58 Å². The Morgan fingerprint density at radius 2 is 1.80 bits per heavy atom. The normalized spacial score (nSPS) is 34.6. The molecule has 0 aromatic carbocycles. The zero-order chi connectivity index (χ0) is 7.99. The highest BCUT2D eigenvalue weighted by molar-refractivity contribution is 7.45. The maximum atomic E-state index is 3.90. The van der Waals surface area contributed by atoms with Crippen molar-refractivity contribution < 1.29 is 0 Å². The van der Waals surface area contributed by atoms with E-state index < -0.39 is 15.2 Å². The van der Waals surface area contributed by atoms with Crippen molar-refractivity contribution in [3.8, 4) is 0 Å². The summed E-state index contributed by atoms with van der Waals surface area (Å²) < 4.78 is 0. The Bertz CT molecular complexity index is 159. The molecule has 1 saturated heterocycles. The molecule has 0 aliphatic carbocycles. The third-order valence-electron chi connectivity index (χ3n) is 3.69. The first-order chi connectivity index (χ1) is 4.42. The predicted octanol–water partition coefficient (Wildman–Crippen LogP) is 3.05.